The SMILES string of the molecule is CN(CC(F)(F)F)C(=O)CN1CCC(N)C(C)(C)C1. The monoisotopic (exact) mass is 281 g/mol. The van der Waals surface area contributed by atoms with Crippen molar-refractivity contribution in [3.8, 4) is 0 Å². The number of alkyl halides is 3. The van der Waals surface area contributed by atoms with E-state index in [1.165, 1.54) is 7.05 Å². The van der Waals surface area contributed by atoms with Crippen molar-refractivity contribution in [2.24, 2.45) is 11.1 Å². The van der Waals surface area contributed by atoms with Gasteiger partial charge in [0.15, 0.2) is 0 Å². The summed E-state index contributed by atoms with van der Waals surface area (Å²) in [7, 11) is 1.18. The number of hydrogen-bond donors (Lipinski definition) is 1. The molecule has 19 heavy (non-hydrogen) atoms. The number of amides is 1. The molecule has 0 spiro atoms. The highest BCUT2D eigenvalue weighted by molar-refractivity contribution is 5.78. The van der Waals surface area contributed by atoms with Crippen LogP contribution in [0.5, 0.6) is 0 Å². The summed E-state index contributed by atoms with van der Waals surface area (Å²) < 4.78 is 36.6. The molecule has 4 nitrogen and oxygen atoms in total. The van der Waals surface area contributed by atoms with Gasteiger partial charge in [0.2, 0.25) is 5.91 Å². The van der Waals surface area contributed by atoms with Crippen molar-refractivity contribution in [3.63, 3.8) is 0 Å². The molecule has 1 saturated heterocycles. The lowest BCUT2D eigenvalue weighted by atomic mass is 9.80. The molecule has 1 heterocycles. The average Bonchev–Trinajstić information content (AvgIpc) is 2.20. The van der Waals surface area contributed by atoms with Crippen molar-refractivity contribution in [3.05, 3.63) is 0 Å². The van der Waals surface area contributed by atoms with E-state index in [2.05, 4.69) is 0 Å². The van der Waals surface area contributed by atoms with Crippen LogP contribution in [-0.2, 0) is 4.79 Å². The number of nitrogens with two attached hydrogens (primary N) is 1. The molecule has 0 aromatic rings. The summed E-state index contributed by atoms with van der Waals surface area (Å²) in [6.45, 7) is 4.10. The van der Waals surface area contributed by atoms with Crippen molar-refractivity contribution in [1.82, 2.24) is 9.80 Å². The second-order valence-corrected chi connectivity index (χ2v) is 5.96. The Kier molecular flexibility index (Phi) is 4.84. The molecule has 1 unspecified atom stereocenters. The zero-order valence-corrected chi connectivity index (χ0v) is 11.6. The maximum absolute atomic E-state index is 12.2. The van der Waals surface area contributed by atoms with Crippen LogP contribution in [0.1, 0.15) is 20.3 Å². The first kappa shape index (κ1) is 16.2. The topological polar surface area (TPSA) is 49.6 Å². The van der Waals surface area contributed by atoms with Gasteiger partial charge >= 0.3 is 6.18 Å². The number of likely N-dealkylation sites (N-methyl/N-ethyl adjacent to an activating group) is 1. The average molecular weight is 281 g/mol. The van der Waals surface area contributed by atoms with Crippen LogP contribution in [0.25, 0.3) is 0 Å². The summed E-state index contributed by atoms with van der Waals surface area (Å²) in [5.41, 5.74) is 5.85. The van der Waals surface area contributed by atoms with E-state index >= 15 is 0 Å². The van der Waals surface area contributed by atoms with Gasteiger partial charge in [-0.2, -0.15) is 13.2 Å². The first-order valence-electron chi connectivity index (χ1n) is 6.30. The first-order valence-corrected chi connectivity index (χ1v) is 6.30. The zero-order chi connectivity index (χ0) is 14.8. The van der Waals surface area contributed by atoms with Crippen LogP contribution in [0.2, 0.25) is 0 Å². The number of carbonyl (C=O) groups is 1. The Balaban J connectivity index is 2.49. The first-order chi connectivity index (χ1) is 8.51. The Morgan fingerprint density at radius 3 is 2.53 bits per heavy atom. The third-order valence-corrected chi connectivity index (χ3v) is 3.59. The van der Waals surface area contributed by atoms with Gasteiger partial charge in [0.1, 0.15) is 6.54 Å². The van der Waals surface area contributed by atoms with Crippen LogP contribution >= 0.6 is 0 Å². The number of carbonyl (C=O) groups excluding carboxylic acids is 1. The van der Waals surface area contributed by atoms with Crippen molar-refractivity contribution in [2.45, 2.75) is 32.5 Å². The molecule has 1 amide bonds. The predicted octanol–water partition coefficient (Wildman–Crippen LogP) is 1.07. The smallest absolute Gasteiger partial charge is 0.336 e. The number of halogens is 3. The Hall–Kier alpha value is -0.820. The maximum Gasteiger partial charge on any atom is 0.406 e. The van der Waals surface area contributed by atoms with Crippen molar-refractivity contribution >= 4 is 5.91 Å². The van der Waals surface area contributed by atoms with E-state index in [9.17, 15) is 18.0 Å². The van der Waals surface area contributed by atoms with E-state index in [0.29, 0.717) is 13.1 Å². The van der Waals surface area contributed by atoms with Gasteiger partial charge in [-0.3, -0.25) is 9.69 Å². The summed E-state index contributed by atoms with van der Waals surface area (Å²) in [5, 5.41) is 0. The molecule has 1 fully saturated rings. The quantitative estimate of drug-likeness (QED) is 0.842. The van der Waals surface area contributed by atoms with Crippen LogP contribution in [0, 0.1) is 5.41 Å². The molecule has 1 aliphatic rings. The Morgan fingerprint density at radius 1 is 1.47 bits per heavy atom. The van der Waals surface area contributed by atoms with Crippen molar-refractivity contribution in [1.29, 1.82) is 0 Å². The van der Waals surface area contributed by atoms with Gasteiger partial charge in [-0.05, 0) is 11.8 Å². The van der Waals surface area contributed by atoms with Gasteiger partial charge in [0, 0.05) is 26.2 Å². The van der Waals surface area contributed by atoms with Crippen LogP contribution in [0.3, 0.4) is 0 Å². The molecule has 0 aliphatic carbocycles. The van der Waals surface area contributed by atoms with E-state index in [0.717, 1.165) is 11.3 Å². The highest BCUT2D eigenvalue weighted by atomic mass is 19.4. The van der Waals surface area contributed by atoms with E-state index < -0.39 is 18.6 Å². The van der Waals surface area contributed by atoms with Gasteiger partial charge in [-0.15, -0.1) is 0 Å². The standard InChI is InChI=1S/C12H22F3N3O/c1-11(2)7-18(5-4-9(11)16)6-10(19)17(3)8-12(13,14)15/h9H,4-8,16H2,1-3H3. The summed E-state index contributed by atoms with van der Waals surface area (Å²) >= 11 is 0. The van der Waals surface area contributed by atoms with Crippen molar-refractivity contribution < 1.29 is 18.0 Å². The molecule has 0 aromatic carbocycles. The van der Waals surface area contributed by atoms with Crippen molar-refractivity contribution in [2.75, 3.05) is 33.2 Å². The fourth-order valence-electron chi connectivity index (χ4n) is 2.29. The fraction of sp³-hybridized carbons (Fsp3) is 0.917. The summed E-state index contributed by atoms with van der Waals surface area (Å²) in [6, 6.07) is 0.0618. The fourth-order valence-corrected chi connectivity index (χ4v) is 2.29. The molecule has 112 valence electrons. The third-order valence-electron chi connectivity index (χ3n) is 3.59. The molecule has 7 heteroatoms. The van der Waals surface area contributed by atoms with Gasteiger partial charge in [-0.1, -0.05) is 13.8 Å². The molecule has 1 rings (SSSR count). The van der Waals surface area contributed by atoms with Crippen LogP contribution in [0.15, 0.2) is 0 Å². The molecular weight excluding hydrogens is 259 g/mol. The Bertz CT molecular complexity index is 331. The summed E-state index contributed by atoms with van der Waals surface area (Å²) in [4.78, 5) is 14.3. The molecule has 0 aromatic heterocycles. The third kappa shape index (κ3) is 4.99. The molecule has 1 atom stereocenters. The normalized spacial score (nSPS) is 24.3. The largest absolute Gasteiger partial charge is 0.406 e. The van der Waals surface area contributed by atoms with Gasteiger partial charge in [-0.25, -0.2) is 0 Å². The highest BCUT2D eigenvalue weighted by Crippen LogP contribution is 2.27. The number of nitrogens with zero attached hydrogens (tertiary/aromatic N) is 2. The lowest BCUT2D eigenvalue weighted by Gasteiger charge is -2.42. The van der Waals surface area contributed by atoms with Crippen LogP contribution in [-0.4, -0.2) is 61.2 Å². The zero-order valence-electron chi connectivity index (χ0n) is 11.6. The number of piperidine rings is 1. The Labute approximate surface area is 111 Å². The second kappa shape index (κ2) is 5.66. The maximum atomic E-state index is 12.2. The molecule has 0 bridgehead atoms. The van der Waals surface area contributed by atoms with E-state index in [4.69, 9.17) is 5.73 Å². The Morgan fingerprint density at radius 2 is 2.05 bits per heavy atom. The minimum absolute atomic E-state index is 0.0166. The molecule has 1 aliphatic heterocycles. The summed E-state index contributed by atoms with van der Waals surface area (Å²) in [5.74, 6) is -0.511. The highest BCUT2D eigenvalue weighted by Gasteiger charge is 2.35. The summed E-state index contributed by atoms with van der Waals surface area (Å²) in [6.07, 6.45) is -3.60. The van der Waals surface area contributed by atoms with Crippen LogP contribution in [0.4, 0.5) is 13.2 Å². The van der Waals surface area contributed by atoms with Gasteiger partial charge in [0.05, 0.1) is 6.54 Å². The molecular formula is C12H22F3N3O. The molecule has 0 saturated carbocycles. The van der Waals surface area contributed by atoms with Gasteiger partial charge < -0.3 is 10.6 Å². The minimum Gasteiger partial charge on any atom is -0.336 e. The number of likely N-dealkylation sites (tertiary alicyclic amines) is 1. The molecule has 0 radical (unpaired) electrons. The predicted molar refractivity (Wildman–Crippen MR) is 66.5 cm³/mol. The number of hydrogen-bond acceptors (Lipinski definition) is 3. The minimum atomic E-state index is -4.35. The van der Waals surface area contributed by atoms with E-state index in [-0.39, 0.29) is 18.0 Å². The van der Waals surface area contributed by atoms with Crippen LogP contribution < -0.4 is 5.73 Å². The lowest BCUT2D eigenvalue weighted by molar-refractivity contribution is -0.159. The van der Waals surface area contributed by atoms with E-state index in [1.54, 1.807) is 0 Å². The molecule has 2 N–H and O–H groups in total. The van der Waals surface area contributed by atoms with E-state index in [1.807, 2.05) is 18.7 Å². The second-order valence-electron chi connectivity index (χ2n) is 5.96. The number of rotatable bonds is 3. The van der Waals surface area contributed by atoms with Gasteiger partial charge in [0.25, 0.3) is 0 Å². The lowest BCUT2D eigenvalue weighted by Crippen LogP contribution is -2.54.